The second-order valence-electron chi connectivity index (χ2n) is 8.83. The maximum atomic E-state index is 12.6. The van der Waals surface area contributed by atoms with E-state index in [1.54, 1.807) is 11.8 Å². The number of rotatable bonds is 7. The van der Waals surface area contributed by atoms with Crippen molar-refractivity contribution in [2.75, 3.05) is 48.3 Å². The Kier molecular flexibility index (Phi) is 8.51. The fourth-order valence-electron chi connectivity index (χ4n) is 3.88. The molecule has 0 unspecified atom stereocenters. The van der Waals surface area contributed by atoms with Gasteiger partial charge in [0.2, 0.25) is 11.8 Å². The van der Waals surface area contributed by atoms with Crippen molar-refractivity contribution in [1.29, 1.82) is 0 Å². The van der Waals surface area contributed by atoms with Crippen molar-refractivity contribution < 1.29 is 14.4 Å². The zero-order chi connectivity index (χ0) is 24.7. The summed E-state index contributed by atoms with van der Waals surface area (Å²) in [7, 11) is 0. The van der Waals surface area contributed by atoms with E-state index in [2.05, 4.69) is 15.5 Å². The van der Waals surface area contributed by atoms with Gasteiger partial charge in [0, 0.05) is 55.7 Å². The van der Waals surface area contributed by atoms with Gasteiger partial charge in [-0.05, 0) is 57.2 Å². The van der Waals surface area contributed by atoms with Gasteiger partial charge in [-0.2, -0.15) is 0 Å². The van der Waals surface area contributed by atoms with E-state index < -0.39 is 0 Å². The fraction of sp³-hybridized carbons (Fsp3) is 0.423. The Labute approximate surface area is 201 Å². The van der Waals surface area contributed by atoms with Crippen LogP contribution in [-0.4, -0.2) is 66.4 Å². The second kappa shape index (κ2) is 11.5. The monoisotopic (exact) mass is 465 g/mol. The Hall–Kier alpha value is -3.55. The number of piperazine rings is 1. The van der Waals surface area contributed by atoms with Crippen molar-refractivity contribution in [2.24, 2.45) is 0 Å². The highest BCUT2D eigenvalue weighted by Gasteiger charge is 2.22. The summed E-state index contributed by atoms with van der Waals surface area (Å²) in [6, 6.07) is 15.3. The molecule has 2 aromatic carbocycles. The van der Waals surface area contributed by atoms with Crippen LogP contribution in [0.4, 0.5) is 21.9 Å². The maximum absolute atomic E-state index is 12.6. The average Bonchev–Trinajstić information content (AvgIpc) is 2.84. The molecule has 8 heteroatoms. The van der Waals surface area contributed by atoms with Crippen LogP contribution < -0.4 is 15.5 Å². The van der Waals surface area contributed by atoms with Crippen LogP contribution in [0.5, 0.6) is 0 Å². The van der Waals surface area contributed by atoms with E-state index in [0.29, 0.717) is 25.2 Å². The minimum atomic E-state index is -0.212. The highest BCUT2D eigenvalue weighted by molar-refractivity contribution is 5.94. The number of anilines is 3. The first-order valence-corrected chi connectivity index (χ1v) is 11.8. The molecular formula is C26H35N5O3. The van der Waals surface area contributed by atoms with Gasteiger partial charge >= 0.3 is 6.03 Å². The van der Waals surface area contributed by atoms with E-state index in [4.69, 9.17) is 0 Å². The number of nitrogens with one attached hydrogen (secondary N) is 2. The summed E-state index contributed by atoms with van der Waals surface area (Å²) in [5.74, 6) is -0.247. The fourth-order valence-corrected chi connectivity index (χ4v) is 3.88. The molecule has 182 valence electrons. The van der Waals surface area contributed by atoms with Crippen LogP contribution in [-0.2, 0) is 9.59 Å². The number of urea groups is 1. The summed E-state index contributed by atoms with van der Waals surface area (Å²) in [6.07, 6.45) is 0.376. The quantitative estimate of drug-likeness (QED) is 0.649. The summed E-state index contributed by atoms with van der Waals surface area (Å²) >= 11 is 0. The topological polar surface area (TPSA) is 85.0 Å². The third-order valence-electron chi connectivity index (χ3n) is 5.95. The standard InChI is InChI=1S/C26H35N5O3/c1-5-25(33)31(19(2)3)18-24(32)27-21-10-12-23(13-11-21)29-14-16-30(17-15-29)26(34)28-22-8-6-20(4)7-9-22/h6-13,19H,5,14-18H2,1-4H3,(H,27,32)(H,28,34). The van der Waals surface area contributed by atoms with E-state index in [1.165, 1.54) is 0 Å². The Morgan fingerprint density at radius 3 is 2.00 bits per heavy atom. The number of benzene rings is 2. The van der Waals surface area contributed by atoms with Gasteiger partial charge in [-0.1, -0.05) is 24.6 Å². The molecule has 1 heterocycles. The van der Waals surface area contributed by atoms with Gasteiger partial charge in [-0.3, -0.25) is 9.59 Å². The van der Waals surface area contributed by atoms with Gasteiger partial charge in [0.1, 0.15) is 6.54 Å². The molecule has 8 nitrogen and oxygen atoms in total. The van der Waals surface area contributed by atoms with E-state index >= 15 is 0 Å². The Balaban J connectivity index is 1.49. The lowest BCUT2D eigenvalue weighted by atomic mass is 10.2. The molecule has 4 amide bonds. The molecule has 0 saturated carbocycles. The van der Waals surface area contributed by atoms with Crippen LogP contribution in [0.15, 0.2) is 48.5 Å². The van der Waals surface area contributed by atoms with E-state index in [-0.39, 0.29) is 30.4 Å². The third-order valence-corrected chi connectivity index (χ3v) is 5.95. The molecule has 1 saturated heterocycles. The van der Waals surface area contributed by atoms with E-state index in [9.17, 15) is 14.4 Å². The van der Waals surface area contributed by atoms with Crippen molar-refractivity contribution in [1.82, 2.24) is 9.80 Å². The van der Waals surface area contributed by atoms with Gasteiger partial charge < -0.3 is 25.3 Å². The number of aryl methyl sites for hydroxylation is 1. The molecule has 0 aromatic heterocycles. The molecule has 34 heavy (non-hydrogen) atoms. The molecule has 1 aliphatic rings. The second-order valence-corrected chi connectivity index (χ2v) is 8.83. The molecular weight excluding hydrogens is 430 g/mol. The minimum absolute atomic E-state index is 0.0294. The molecule has 0 radical (unpaired) electrons. The highest BCUT2D eigenvalue weighted by atomic mass is 16.2. The summed E-state index contributed by atoms with van der Waals surface area (Å²) in [6.45, 7) is 10.4. The lowest BCUT2D eigenvalue weighted by molar-refractivity contribution is -0.136. The zero-order valence-electron chi connectivity index (χ0n) is 20.5. The Bertz CT molecular complexity index is 981. The van der Waals surface area contributed by atoms with Crippen LogP contribution in [0.2, 0.25) is 0 Å². The van der Waals surface area contributed by atoms with Crippen LogP contribution >= 0.6 is 0 Å². The predicted octanol–water partition coefficient (Wildman–Crippen LogP) is 3.93. The maximum Gasteiger partial charge on any atom is 0.321 e. The van der Waals surface area contributed by atoms with Crippen molar-refractivity contribution in [3.05, 3.63) is 54.1 Å². The third kappa shape index (κ3) is 6.73. The summed E-state index contributed by atoms with van der Waals surface area (Å²) < 4.78 is 0. The average molecular weight is 466 g/mol. The number of carbonyl (C=O) groups is 3. The van der Waals surface area contributed by atoms with Gasteiger partial charge in [0.05, 0.1) is 0 Å². The summed E-state index contributed by atoms with van der Waals surface area (Å²) in [5, 5.41) is 5.83. The van der Waals surface area contributed by atoms with Gasteiger partial charge in [-0.25, -0.2) is 4.79 Å². The van der Waals surface area contributed by atoms with Gasteiger partial charge in [-0.15, -0.1) is 0 Å². The number of hydrogen-bond acceptors (Lipinski definition) is 4. The number of nitrogens with zero attached hydrogens (tertiary/aromatic N) is 3. The van der Waals surface area contributed by atoms with E-state index in [0.717, 1.165) is 30.0 Å². The first-order chi connectivity index (χ1) is 16.3. The van der Waals surface area contributed by atoms with Crippen molar-refractivity contribution >= 4 is 34.9 Å². The smallest absolute Gasteiger partial charge is 0.321 e. The van der Waals surface area contributed by atoms with Gasteiger partial charge in [0.15, 0.2) is 0 Å². The molecule has 0 atom stereocenters. The summed E-state index contributed by atoms with van der Waals surface area (Å²) in [5.41, 5.74) is 3.69. The first kappa shape index (κ1) is 25.1. The van der Waals surface area contributed by atoms with Crippen molar-refractivity contribution in [2.45, 2.75) is 40.2 Å². The molecule has 0 aliphatic carbocycles. The predicted molar refractivity (Wildman–Crippen MR) is 136 cm³/mol. The van der Waals surface area contributed by atoms with Crippen LogP contribution in [0.1, 0.15) is 32.8 Å². The highest BCUT2D eigenvalue weighted by Crippen LogP contribution is 2.20. The zero-order valence-corrected chi connectivity index (χ0v) is 20.5. The summed E-state index contributed by atoms with van der Waals surface area (Å²) in [4.78, 5) is 42.6. The SMILES string of the molecule is CCC(=O)N(CC(=O)Nc1ccc(N2CCN(C(=O)Nc3ccc(C)cc3)CC2)cc1)C(C)C. The minimum Gasteiger partial charge on any atom is -0.368 e. The van der Waals surface area contributed by atoms with Crippen LogP contribution in [0.3, 0.4) is 0 Å². The lowest BCUT2D eigenvalue weighted by Crippen LogP contribution is -2.50. The van der Waals surface area contributed by atoms with Crippen molar-refractivity contribution in [3.8, 4) is 0 Å². The number of carbonyl (C=O) groups excluding carboxylic acids is 3. The number of hydrogen-bond donors (Lipinski definition) is 2. The Morgan fingerprint density at radius 1 is 0.882 bits per heavy atom. The molecule has 1 fully saturated rings. The molecule has 0 spiro atoms. The normalized spacial score (nSPS) is 13.6. The molecule has 0 bridgehead atoms. The largest absolute Gasteiger partial charge is 0.368 e. The van der Waals surface area contributed by atoms with Crippen LogP contribution in [0, 0.1) is 6.92 Å². The first-order valence-electron chi connectivity index (χ1n) is 11.8. The Morgan fingerprint density at radius 2 is 1.44 bits per heavy atom. The molecule has 2 N–H and O–H groups in total. The molecule has 2 aromatic rings. The molecule has 3 rings (SSSR count). The van der Waals surface area contributed by atoms with E-state index in [1.807, 2.05) is 74.2 Å². The lowest BCUT2D eigenvalue weighted by Gasteiger charge is -2.36. The van der Waals surface area contributed by atoms with Crippen LogP contribution in [0.25, 0.3) is 0 Å². The number of amides is 4. The molecule has 1 aliphatic heterocycles. The van der Waals surface area contributed by atoms with Crippen molar-refractivity contribution in [3.63, 3.8) is 0 Å². The van der Waals surface area contributed by atoms with Gasteiger partial charge in [0.25, 0.3) is 0 Å².